The summed E-state index contributed by atoms with van der Waals surface area (Å²) in [5.74, 6) is -1.84. The number of carbonyl (C=O) groups excluding carboxylic acids is 4. The Kier molecular flexibility index (Phi) is 8.81. The van der Waals surface area contributed by atoms with Gasteiger partial charge in [0.25, 0.3) is 5.56 Å². The normalized spacial score (nSPS) is 19.5. The van der Waals surface area contributed by atoms with Crippen LogP contribution in [0.1, 0.15) is 96.9 Å². The van der Waals surface area contributed by atoms with Crippen LogP contribution in [0.25, 0.3) is 22.3 Å². The summed E-state index contributed by atoms with van der Waals surface area (Å²) in [6, 6.07) is 6.80. The Morgan fingerprint density at radius 3 is 2.14 bits per heavy atom. The van der Waals surface area contributed by atoms with Crippen molar-refractivity contribution < 1.29 is 43.2 Å². The van der Waals surface area contributed by atoms with Gasteiger partial charge in [-0.1, -0.05) is 13.8 Å². The average Bonchev–Trinajstić information content (AvgIpc) is 3.42. The minimum absolute atomic E-state index is 0.0129. The fraction of sp³-hybridized carbons (Fsp3) is 0.526. The van der Waals surface area contributed by atoms with Crippen molar-refractivity contribution in [2.75, 3.05) is 13.1 Å². The van der Waals surface area contributed by atoms with Gasteiger partial charge in [-0.05, 0) is 97.1 Å². The topological polar surface area (TPSA) is 164 Å². The summed E-state index contributed by atoms with van der Waals surface area (Å²) in [5.41, 5.74) is -1.49. The SMILES string of the molecule is CCc1c2c(nc3ccc(OC(=O)N4CCC(C(=O)OC(C)(C)C)(C(=O)OC(C)(C)C)CC4)cc13)-c1cc3c(c(=O)n1C2)COC(=O)[C@]3(O)CC. The van der Waals surface area contributed by atoms with E-state index in [1.807, 2.05) is 6.92 Å². The zero-order chi connectivity index (χ0) is 37.3. The van der Waals surface area contributed by atoms with Crippen LogP contribution in [0.5, 0.6) is 5.75 Å². The van der Waals surface area contributed by atoms with E-state index in [9.17, 15) is 29.1 Å². The number of ether oxygens (including phenoxy) is 4. The van der Waals surface area contributed by atoms with Gasteiger partial charge in [-0.15, -0.1) is 0 Å². The molecule has 0 aliphatic carbocycles. The van der Waals surface area contributed by atoms with Crippen LogP contribution in [0.15, 0.2) is 29.1 Å². The lowest BCUT2D eigenvalue weighted by atomic mass is 9.78. The quantitative estimate of drug-likeness (QED) is 0.171. The number of aliphatic hydroxyl groups is 1. The first-order valence-corrected chi connectivity index (χ1v) is 17.4. The molecule has 0 saturated carbocycles. The molecule has 1 fully saturated rings. The summed E-state index contributed by atoms with van der Waals surface area (Å²) in [6.45, 7) is 14.2. The first-order valence-electron chi connectivity index (χ1n) is 17.4. The Labute approximate surface area is 295 Å². The van der Waals surface area contributed by atoms with Crippen molar-refractivity contribution in [1.29, 1.82) is 0 Å². The van der Waals surface area contributed by atoms with Gasteiger partial charge >= 0.3 is 24.0 Å². The number of aryl methyl sites for hydroxylation is 1. The second-order valence-corrected chi connectivity index (χ2v) is 15.5. The fourth-order valence-electron chi connectivity index (χ4n) is 7.09. The van der Waals surface area contributed by atoms with Gasteiger partial charge in [-0.3, -0.25) is 14.4 Å². The molecule has 3 aliphatic rings. The predicted molar refractivity (Wildman–Crippen MR) is 185 cm³/mol. The number of benzene rings is 1. The highest BCUT2D eigenvalue weighted by atomic mass is 16.6. The van der Waals surface area contributed by atoms with E-state index in [1.165, 1.54) is 4.90 Å². The highest BCUT2D eigenvalue weighted by molar-refractivity contribution is 6.00. The third kappa shape index (κ3) is 6.25. The number of hydrogen-bond acceptors (Lipinski definition) is 11. The molecule has 0 unspecified atom stereocenters. The molecule has 3 aliphatic heterocycles. The largest absolute Gasteiger partial charge is 0.459 e. The lowest BCUT2D eigenvalue weighted by Crippen LogP contribution is -2.54. The maximum Gasteiger partial charge on any atom is 0.415 e. The second-order valence-electron chi connectivity index (χ2n) is 15.5. The number of esters is 3. The molecule has 13 heteroatoms. The van der Waals surface area contributed by atoms with E-state index in [1.54, 1.807) is 77.3 Å². The standard InChI is InChI=1S/C38H45N3O10/c1-9-22-23-17-21(49-34(46)40-15-13-37(14-16-40,31(43)50-35(3,4)5)32(44)51-36(6,7)8)11-12-27(23)39-29-24(22)19-41-28(29)18-26-25(30(41)42)20-48-33(45)38(26,47)10-2/h11-12,17-18,47H,9-10,13-16,19-20H2,1-8H3/t38-/m0/s1. The molecule has 2 aromatic heterocycles. The Bertz CT molecular complexity index is 2000. The number of pyridine rings is 2. The van der Waals surface area contributed by atoms with E-state index in [0.29, 0.717) is 23.3 Å². The molecule has 51 heavy (non-hydrogen) atoms. The molecule has 5 heterocycles. The van der Waals surface area contributed by atoms with Crippen LogP contribution in [0.4, 0.5) is 4.79 Å². The lowest BCUT2D eigenvalue weighted by Gasteiger charge is -2.40. The van der Waals surface area contributed by atoms with Crippen molar-refractivity contribution in [3.8, 4) is 17.1 Å². The van der Waals surface area contributed by atoms with Gasteiger partial charge in [0.15, 0.2) is 11.0 Å². The zero-order valence-corrected chi connectivity index (χ0v) is 30.4. The van der Waals surface area contributed by atoms with Gasteiger partial charge in [0.2, 0.25) is 0 Å². The number of nitrogens with zero attached hydrogens (tertiary/aromatic N) is 3. The van der Waals surface area contributed by atoms with E-state index >= 15 is 0 Å². The van der Waals surface area contributed by atoms with Crippen molar-refractivity contribution in [2.24, 2.45) is 5.41 Å². The number of fused-ring (bicyclic) bond motifs is 5. The van der Waals surface area contributed by atoms with Gasteiger partial charge in [-0.2, -0.15) is 0 Å². The Morgan fingerprint density at radius 1 is 0.941 bits per heavy atom. The molecule has 1 aromatic carbocycles. The molecule has 1 atom stereocenters. The summed E-state index contributed by atoms with van der Waals surface area (Å²) >= 11 is 0. The third-order valence-corrected chi connectivity index (χ3v) is 9.79. The number of rotatable bonds is 5. The Morgan fingerprint density at radius 2 is 1.57 bits per heavy atom. The number of likely N-dealkylation sites (tertiary alicyclic amines) is 1. The first-order chi connectivity index (χ1) is 23.8. The number of carbonyl (C=O) groups is 4. The number of amides is 1. The van der Waals surface area contributed by atoms with Gasteiger partial charge in [0.1, 0.15) is 23.6 Å². The number of cyclic esters (lactones) is 1. The van der Waals surface area contributed by atoms with Crippen LogP contribution in [0, 0.1) is 5.41 Å². The van der Waals surface area contributed by atoms with Gasteiger partial charge < -0.3 is 33.5 Å². The molecule has 6 rings (SSSR count). The average molecular weight is 704 g/mol. The highest BCUT2D eigenvalue weighted by Crippen LogP contribution is 2.41. The number of piperidine rings is 1. The maximum absolute atomic E-state index is 13.7. The molecular formula is C38H45N3O10. The van der Waals surface area contributed by atoms with Gasteiger partial charge in [-0.25, -0.2) is 14.6 Å². The molecule has 1 N–H and O–H groups in total. The summed E-state index contributed by atoms with van der Waals surface area (Å²) in [5, 5.41) is 12.0. The van der Waals surface area contributed by atoms with Crippen LogP contribution >= 0.6 is 0 Å². The van der Waals surface area contributed by atoms with Crippen LogP contribution in [0.3, 0.4) is 0 Å². The van der Waals surface area contributed by atoms with E-state index in [0.717, 1.165) is 16.5 Å². The fourth-order valence-corrected chi connectivity index (χ4v) is 7.09. The molecule has 1 amide bonds. The summed E-state index contributed by atoms with van der Waals surface area (Å²) in [4.78, 5) is 72.8. The van der Waals surface area contributed by atoms with Crippen LogP contribution in [-0.4, -0.2) is 67.9 Å². The van der Waals surface area contributed by atoms with E-state index < -0.39 is 46.2 Å². The van der Waals surface area contributed by atoms with E-state index in [4.69, 9.17) is 23.9 Å². The zero-order valence-electron chi connectivity index (χ0n) is 30.4. The van der Waals surface area contributed by atoms with Crippen molar-refractivity contribution in [1.82, 2.24) is 14.5 Å². The van der Waals surface area contributed by atoms with E-state index in [-0.39, 0.29) is 67.9 Å². The molecule has 0 spiro atoms. The molecule has 0 radical (unpaired) electrons. The van der Waals surface area contributed by atoms with Crippen LogP contribution in [0.2, 0.25) is 0 Å². The van der Waals surface area contributed by atoms with Crippen molar-refractivity contribution in [3.05, 3.63) is 56.9 Å². The third-order valence-electron chi connectivity index (χ3n) is 9.79. The van der Waals surface area contributed by atoms with Crippen molar-refractivity contribution >= 4 is 34.9 Å². The van der Waals surface area contributed by atoms with Gasteiger partial charge in [0.05, 0.1) is 29.0 Å². The molecule has 13 nitrogen and oxygen atoms in total. The van der Waals surface area contributed by atoms with Crippen LogP contribution < -0.4 is 10.3 Å². The monoisotopic (exact) mass is 703 g/mol. The first kappa shape index (κ1) is 36.0. The summed E-state index contributed by atoms with van der Waals surface area (Å²) < 4.78 is 23.9. The molecule has 272 valence electrons. The smallest absolute Gasteiger partial charge is 0.415 e. The number of aromatic nitrogens is 2. The van der Waals surface area contributed by atoms with E-state index in [2.05, 4.69) is 0 Å². The minimum atomic E-state index is -1.92. The van der Waals surface area contributed by atoms with Crippen LogP contribution in [-0.2, 0) is 53.8 Å². The lowest BCUT2D eigenvalue weighted by molar-refractivity contribution is -0.189. The minimum Gasteiger partial charge on any atom is -0.459 e. The highest BCUT2D eigenvalue weighted by Gasteiger charge is 2.53. The summed E-state index contributed by atoms with van der Waals surface area (Å²) in [7, 11) is 0. The Hall–Kier alpha value is -4.78. The molecule has 0 bridgehead atoms. The van der Waals surface area contributed by atoms with Gasteiger partial charge in [0, 0.05) is 29.6 Å². The molecule has 3 aromatic rings. The van der Waals surface area contributed by atoms with Crippen molar-refractivity contribution in [3.63, 3.8) is 0 Å². The number of hydrogen-bond donors (Lipinski definition) is 1. The predicted octanol–water partition coefficient (Wildman–Crippen LogP) is 4.91. The molecular weight excluding hydrogens is 658 g/mol. The maximum atomic E-state index is 13.7. The van der Waals surface area contributed by atoms with Crippen molar-refractivity contribution in [2.45, 2.75) is 111 Å². The Balaban J connectivity index is 1.26. The second kappa shape index (κ2) is 12.5. The molecule has 1 saturated heterocycles. The summed E-state index contributed by atoms with van der Waals surface area (Å²) in [6.07, 6.45) is 0.0318.